The molecule has 0 aliphatic heterocycles. The lowest BCUT2D eigenvalue weighted by molar-refractivity contribution is -0.130. The number of benzene rings is 1. The van der Waals surface area contributed by atoms with Crippen LogP contribution in [0.25, 0.3) is 11.3 Å². The number of esters is 1. The predicted molar refractivity (Wildman–Crippen MR) is 86.8 cm³/mol. The average Bonchev–Trinajstić information content (AvgIpc) is 3.07. The van der Waals surface area contributed by atoms with Crippen molar-refractivity contribution in [1.82, 2.24) is 0 Å². The fourth-order valence-corrected chi connectivity index (χ4v) is 2.73. The molecule has 0 N–H and O–H groups in total. The highest BCUT2D eigenvalue weighted by atomic mass is 16.6. The molecule has 3 rings (SSSR count). The Hall–Kier alpha value is -2.69. The minimum atomic E-state index is -0.658. The first-order valence-electron chi connectivity index (χ1n) is 7.99. The number of hydrogen-bond acceptors (Lipinski definition) is 5. The summed E-state index contributed by atoms with van der Waals surface area (Å²) in [6.45, 7) is 1.50. The molecular formula is C19H18O5. The van der Waals surface area contributed by atoms with E-state index in [2.05, 4.69) is 0 Å². The van der Waals surface area contributed by atoms with E-state index < -0.39 is 12.1 Å². The van der Waals surface area contributed by atoms with Gasteiger partial charge in [0.2, 0.25) is 5.76 Å². The van der Waals surface area contributed by atoms with Crippen molar-refractivity contribution in [2.45, 2.75) is 38.7 Å². The maximum absolute atomic E-state index is 12.1. The van der Waals surface area contributed by atoms with E-state index in [1.165, 1.54) is 13.0 Å². The number of carbonyl (C=O) groups is 3. The van der Waals surface area contributed by atoms with Crippen LogP contribution in [0.2, 0.25) is 0 Å². The molecule has 0 unspecified atom stereocenters. The first kappa shape index (κ1) is 16.2. The van der Waals surface area contributed by atoms with Gasteiger partial charge in [0.05, 0.1) is 0 Å². The number of Topliss-reactive ketones (excluding diaryl/α,β-unsaturated/α-hetero) is 2. The molecule has 0 radical (unpaired) electrons. The second-order valence-corrected chi connectivity index (χ2v) is 5.90. The van der Waals surface area contributed by atoms with Gasteiger partial charge in [-0.1, -0.05) is 24.3 Å². The van der Waals surface area contributed by atoms with Crippen LogP contribution in [-0.4, -0.2) is 23.6 Å². The number of ketones is 2. The summed E-state index contributed by atoms with van der Waals surface area (Å²) in [4.78, 5) is 35.2. The fraction of sp³-hybridized carbons (Fsp3) is 0.316. The number of rotatable bonds is 4. The lowest BCUT2D eigenvalue weighted by Gasteiger charge is -2.19. The highest BCUT2D eigenvalue weighted by molar-refractivity contribution is 5.94. The van der Waals surface area contributed by atoms with Gasteiger partial charge in [0.1, 0.15) is 5.76 Å². The fourth-order valence-electron chi connectivity index (χ4n) is 2.73. The van der Waals surface area contributed by atoms with Crippen molar-refractivity contribution < 1.29 is 23.5 Å². The summed E-state index contributed by atoms with van der Waals surface area (Å²) < 4.78 is 10.8. The van der Waals surface area contributed by atoms with Gasteiger partial charge in [-0.25, -0.2) is 4.79 Å². The van der Waals surface area contributed by atoms with Crippen LogP contribution in [0, 0.1) is 0 Å². The number of furan rings is 1. The van der Waals surface area contributed by atoms with Crippen molar-refractivity contribution >= 4 is 17.5 Å². The molecule has 1 saturated carbocycles. The van der Waals surface area contributed by atoms with Crippen molar-refractivity contribution in [3.63, 3.8) is 0 Å². The normalized spacial score (nSPS) is 17.5. The molecule has 1 aliphatic carbocycles. The van der Waals surface area contributed by atoms with Gasteiger partial charge in [-0.2, -0.15) is 0 Å². The predicted octanol–water partition coefficient (Wildman–Crippen LogP) is 3.82. The third-order valence-electron chi connectivity index (χ3n) is 4.13. The van der Waals surface area contributed by atoms with Crippen LogP contribution < -0.4 is 0 Å². The lowest BCUT2D eigenvalue weighted by Crippen LogP contribution is -2.30. The van der Waals surface area contributed by atoms with Crippen molar-refractivity contribution in [2.24, 2.45) is 0 Å². The summed E-state index contributed by atoms with van der Waals surface area (Å²) in [7, 11) is 0. The monoisotopic (exact) mass is 326 g/mol. The van der Waals surface area contributed by atoms with Gasteiger partial charge >= 0.3 is 5.97 Å². The smallest absolute Gasteiger partial charge is 0.374 e. The minimum absolute atomic E-state index is 0.0117. The van der Waals surface area contributed by atoms with Crippen LogP contribution in [0.4, 0.5) is 0 Å². The highest BCUT2D eigenvalue weighted by Crippen LogP contribution is 2.24. The molecule has 5 heteroatoms. The van der Waals surface area contributed by atoms with Crippen molar-refractivity contribution in [3.8, 4) is 11.3 Å². The molecule has 0 bridgehead atoms. The summed E-state index contributed by atoms with van der Waals surface area (Å²) in [5.74, 6) is -0.0866. The van der Waals surface area contributed by atoms with E-state index in [0.717, 1.165) is 18.4 Å². The van der Waals surface area contributed by atoms with Crippen LogP contribution >= 0.6 is 0 Å². The third kappa shape index (κ3) is 3.45. The van der Waals surface area contributed by atoms with Gasteiger partial charge in [-0.3, -0.25) is 9.59 Å². The Morgan fingerprint density at radius 1 is 1.08 bits per heavy atom. The first-order valence-corrected chi connectivity index (χ1v) is 7.99. The number of carbonyl (C=O) groups excluding carboxylic acids is 3. The van der Waals surface area contributed by atoms with Crippen LogP contribution in [0.15, 0.2) is 40.8 Å². The molecule has 2 aromatic rings. The van der Waals surface area contributed by atoms with Gasteiger partial charge < -0.3 is 9.15 Å². The van der Waals surface area contributed by atoms with Gasteiger partial charge in [0.25, 0.3) is 0 Å². The van der Waals surface area contributed by atoms with Crippen LogP contribution in [0.5, 0.6) is 0 Å². The maximum Gasteiger partial charge on any atom is 0.374 e. The van der Waals surface area contributed by atoms with Gasteiger partial charge in [-0.15, -0.1) is 0 Å². The molecule has 1 aliphatic rings. The van der Waals surface area contributed by atoms with Crippen molar-refractivity contribution in [1.29, 1.82) is 0 Å². The molecule has 1 heterocycles. The van der Waals surface area contributed by atoms with E-state index in [1.807, 2.05) is 0 Å². The second-order valence-electron chi connectivity index (χ2n) is 5.90. The number of ether oxygens (including phenoxy) is 1. The SMILES string of the molecule is CC(=O)c1ccc(-c2ccc(C(=O)O[C@@H]3CCCCC3=O)o2)cc1. The van der Waals surface area contributed by atoms with Crippen LogP contribution in [-0.2, 0) is 9.53 Å². The van der Waals surface area contributed by atoms with Crippen molar-refractivity contribution in [3.05, 3.63) is 47.7 Å². The van der Waals surface area contributed by atoms with E-state index >= 15 is 0 Å². The zero-order chi connectivity index (χ0) is 17.1. The molecule has 0 spiro atoms. The molecule has 124 valence electrons. The Morgan fingerprint density at radius 3 is 2.50 bits per heavy atom. The molecular weight excluding hydrogens is 308 g/mol. The second kappa shape index (κ2) is 6.83. The van der Waals surface area contributed by atoms with Gasteiger partial charge in [-0.05, 0) is 38.3 Å². The number of hydrogen-bond donors (Lipinski definition) is 0. The summed E-state index contributed by atoms with van der Waals surface area (Å²) in [5.41, 5.74) is 1.37. The topological polar surface area (TPSA) is 73.6 Å². The molecule has 5 nitrogen and oxygen atoms in total. The molecule has 1 aromatic heterocycles. The van der Waals surface area contributed by atoms with E-state index in [9.17, 15) is 14.4 Å². The lowest BCUT2D eigenvalue weighted by atomic mass is 9.96. The molecule has 1 aromatic carbocycles. The summed E-state index contributed by atoms with van der Waals surface area (Å²) in [5, 5.41) is 0. The quantitative estimate of drug-likeness (QED) is 0.631. The van der Waals surface area contributed by atoms with E-state index in [0.29, 0.717) is 24.2 Å². The molecule has 1 fully saturated rings. The Balaban J connectivity index is 1.71. The summed E-state index contributed by atoms with van der Waals surface area (Å²) in [6.07, 6.45) is 2.12. The first-order chi connectivity index (χ1) is 11.5. The molecule has 1 atom stereocenters. The van der Waals surface area contributed by atoms with Crippen molar-refractivity contribution in [2.75, 3.05) is 0 Å². The van der Waals surface area contributed by atoms with Crippen LogP contribution in [0.1, 0.15) is 53.5 Å². The third-order valence-corrected chi connectivity index (χ3v) is 4.13. The molecule has 24 heavy (non-hydrogen) atoms. The highest BCUT2D eigenvalue weighted by Gasteiger charge is 2.27. The molecule has 0 saturated heterocycles. The van der Waals surface area contributed by atoms with Gasteiger partial charge in [0, 0.05) is 17.5 Å². The zero-order valence-corrected chi connectivity index (χ0v) is 13.4. The Bertz CT molecular complexity index is 769. The standard InChI is InChI=1S/C19H18O5/c1-12(20)13-6-8-14(9-7-13)16-10-11-18(23-16)19(22)24-17-5-3-2-4-15(17)21/h6-11,17H,2-5H2,1H3/t17-/m1/s1. The Morgan fingerprint density at radius 2 is 1.83 bits per heavy atom. The largest absolute Gasteiger partial charge is 0.449 e. The van der Waals surface area contributed by atoms with Gasteiger partial charge in [0.15, 0.2) is 17.7 Å². The summed E-state index contributed by atoms with van der Waals surface area (Å²) in [6, 6.07) is 10.1. The molecule has 0 amide bonds. The Labute approximate surface area is 139 Å². The van der Waals surface area contributed by atoms with Crippen LogP contribution in [0.3, 0.4) is 0 Å². The Kier molecular flexibility index (Phi) is 4.60. The zero-order valence-electron chi connectivity index (χ0n) is 13.4. The van der Waals surface area contributed by atoms with E-state index in [1.54, 1.807) is 30.3 Å². The minimum Gasteiger partial charge on any atom is -0.449 e. The summed E-state index contributed by atoms with van der Waals surface area (Å²) >= 11 is 0. The maximum atomic E-state index is 12.1. The van der Waals surface area contributed by atoms with E-state index in [-0.39, 0.29) is 17.3 Å². The van der Waals surface area contributed by atoms with E-state index in [4.69, 9.17) is 9.15 Å². The average molecular weight is 326 g/mol.